The Morgan fingerprint density at radius 3 is 2.51 bits per heavy atom. The summed E-state index contributed by atoms with van der Waals surface area (Å²) in [6.07, 6.45) is 2.97. The highest BCUT2D eigenvalue weighted by atomic mass is 16.5. The molecule has 0 fully saturated rings. The normalized spacial score (nSPS) is 14.1. The maximum atomic E-state index is 13.3. The monoisotopic (exact) mass is 475 g/mol. The van der Waals surface area contributed by atoms with E-state index in [1.54, 1.807) is 39.7 Å². The highest BCUT2D eigenvalue weighted by Crippen LogP contribution is 2.50. The molecule has 35 heavy (non-hydrogen) atoms. The van der Waals surface area contributed by atoms with Crippen LogP contribution in [0.4, 0.5) is 5.69 Å². The van der Waals surface area contributed by atoms with Crippen LogP contribution in [0, 0.1) is 0 Å². The molecule has 1 aliphatic carbocycles. The molecule has 1 aromatic heterocycles. The number of amides is 1. The van der Waals surface area contributed by atoms with Gasteiger partial charge in [0.15, 0.2) is 11.5 Å². The molecular weight excluding hydrogens is 446 g/mol. The molecule has 0 saturated heterocycles. The second-order valence-corrected chi connectivity index (χ2v) is 8.27. The molecule has 1 atom stereocenters. The van der Waals surface area contributed by atoms with Crippen LogP contribution in [0.1, 0.15) is 36.2 Å². The van der Waals surface area contributed by atoms with Crippen molar-refractivity contribution in [3.8, 4) is 28.4 Å². The van der Waals surface area contributed by atoms with Crippen molar-refractivity contribution in [2.75, 3.05) is 26.6 Å². The molecule has 0 saturated carbocycles. The van der Waals surface area contributed by atoms with E-state index in [0.717, 1.165) is 27.9 Å². The summed E-state index contributed by atoms with van der Waals surface area (Å²) in [6.45, 7) is 1.88. The smallest absolute Gasteiger partial charge is 0.217 e. The third-order valence-electron chi connectivity index (χ3n) is 6.10. The van der Waals surface area contributed by atoms with Gasteiger partial charge in [0.1, 0.15) is 0 Å². The van der Waals surface area contributed by atoms with Crippen molar-refractivity contribution < 1.29 is 19.0 Å². The number of hydrogen-bond acceptors (Lipinski definition) is 7. The molecule has 0 unspecified atom stereocenters. The van der Waals surface area contributed by atoms with Crippen LogP contribution in [-0.4, -0.2) is 32.2 Å². The predicted molar refractivity (Wildman–Crippen MR) is 134 cm³/mol. The summed E-state index contributed by atoms with van der Waals surface area (Å²) in [4.78, 5) is 29.6. The van der Waals surface area contributed by atoms with Gasteiger partial charge >= 0.3 is 0 Å². The average molecular weight is 476 g/mol. The maximum absolute atomic E-state index is 13.3. The summed E-state index contributed by atoms with van der Waals surface area (Å²) < 4.78 is 17.0. The van der Waals surface area contributed by atoms with Gasteiger partial charge in [-0.05, 0) is 59.9 Å². The number of benzene rings is 1. The van der Waals surface area contributed by atoms with Crippen molar-refractivity contribution in [3.05, 3.63) is 75.7 Å². The predicted octanol–water partition coefficient (Wildman–Crippen LogP) is 3.87. The number of methoxy groups -OCH3 is 3. The zero-order valence-corrected chi connectivity index (χ0v) is 20.3. The molecule has 182 valence electrons. The van der Waals surface area contributed by atoms with Crippen LogP contribution in [0.2, 0.25) is 0 Å². The average Bonchev–Trinajstić information content (AvgIpc) is 3.10. The lowest BCUT2D eigenvalue weighted by atomic mass is 9.95. The van der Waals surface area contributed by atoms with E-state index in [1.165, 1.54) is 6.92 Å². The molecule has 2 aromatic carbocycles. The number of carbonyl (C=O) groups is 1. The largest absolute Gasteiger partial charge is 0.493 e. The summed E-state index contributed by atoms with van der Waals surface area (Å²) in [5.74, 6) is 1.39. The fourth-order valence-corrected chi connectivity index (χ4v) is 4.54. The van der Waals surface area contributed by atoms with E-state index in [2.05, 4.69) is 15.6 Å². The first kappa shape index (κ1) is 24.1. The van der Waals surface area contributed by atoms with Gasteiger partial charge in [-0.2, -0.15) is 0 Å². The van der Waals surface area contributed by atoms with Gasteiger partial charge in [-0.3, -0.25) is 14.6 Å². The molecule has 1 aliphatic rings. The minimum atomic E-state index is -0.347. The molecule has 3 aromatic rings. The van der Waals surface area contributed by atoms with E-state index in [-0.39, 0.29) is 17.4 Å². The van der Waals surface area contributed by atoms with Crippen LogP contribution in [0.25, 0.3) is 11.1 Å². The van der Waals surface area contributed by atoms with Gasteiger partial charge in [0.05, 0.1) is 45.3 Å². The van der Waals surface area contributed by atoms with Crippen molar-refractivity contribution in [1.82, 2.24) is 10.3 Å². The van der Waals surface area contributed by atoms with Crippen molar-refractivity contribution in [3.63, 3.8) is 0 Å². The minimum absolute atomic E-state index is 0.165. The first-order chi connectivity index (χ1) is 17.0. The summed E-state index contributed by atoms with van der Waals surface area (Å²) >= 11 is 0. The standard InChI is InChI=1S/C27H29N3O5/c1-16(31)30-21-10-8-17-13-24(33-2)26(34-3)27(35-4)25(17)19-9-11-22(23(32)14-20(19)21)29-15-18-7-5-6-12-28-18/h5-7,9,11-14,21H,8,10,15H2,1-4H3,(H,29,32)(H,30,31)/t21-/m1/s1. The number of fused-ring (bicyclic) bond motifs is 3. The van der Waals surface area contributed by atoms with Gasteiger partial charge in [-0.15, -0.1) is 0 Å². The third-order valence-corrected chi connectivity index (χ3v) is 6.10. The first-order valence-corrected chi connectivity index (χ1v) is 11.4. The van der Waals surface area contributed by atoms with Crippen LogP contribution in [0.15, 0.2) is 53.5 Å². The number of hydrogen-bond donors (Lipinski definition) is 2. The number of nitrogens with zero attached hydrogens (tertiary/aromatic N) is 1. The van der Waals surface area contributed by atoms with Crippen molar-refractivity contribution in [2.45, 2.75) is 32.4 Å². The van der Waals surface area contributed by atoms with Gasteiger partial charge in [0, 0.05) is 18.7 Å². The van der Waals surface area contributed by atoms with Gasteiger partial charge in [0.25, 0.3) is 0 Å². The fourth-order valence-electron chi connectivity index (χ4n) is 4.54. The number of pyridine rings is 1. The molecule has 0 radical (unpaired) electrons. The molecule has 2 N–H and O–H groups in total. The van der Waals surface area contributed by atoms with E-state index >= 15 is 0 Å². The molecular formula is C27H29N3O5. The Morgan fingerprint density at radius 1 is 1.06 bits per heavy atom. The summed E-state index contributed by atoms with van der Waals surface area (Å²) in [5, 5.41) is 6.21. The van der Waals surface area contributed by atoms with Gasteiger partial charge in [-0.1, -0.05) is 12.1 Å². The quantitative estimate of drug-likeness (QED) is 0.535. The third kappa shape index (κ3) is 4.91. The highest BCUT2D eigenvalue weighted by Gasteiger charge is 2.29. The second-order valence-electron chi connectivity index (χ2n) is 8.27. The van der Waals surface area contributed by atoms with E-state index in [0.29, 0.717) is 42.3 Å². The molecule has 0 bridgehead atoms. The summed E-state index contributed by atoms with van der Waals surface area (Å²) in [5.41, 5.74) is 4.39. The van der Waals surface area contributed by atoms with E-state index in [9.17, 15) is 9.59 Å². The summed E-state index contributed by atoms with van der Waals surface area (Å²) in [7, 11) is 4.72. The van der Waals surface area contributed by atoms with Gasteiger partial charge in [0.2, 0.25) is 17.1 Å². The Bertz CT molecular complexity index is 1290. The molecule has 0 spiro atoms. The second kappa shape index (κ2) is 10.5. The van der Waals surface area contributed by atoms with Crippen LogP contribution in [0.5, 0.6) is 17.2 Å². The van der Waals surface area contributed by atoms with E-state index in [1.807, 2.05) is 30.3 Å². The maximum Gasteiger partial charge on any atom is 0.217 e. The highest BCUT2D eigenvalue weighted by molar-refractivity contribution is 5.83. The van der Waals surface area contributed by atoms with Crippen molar-refractivity contribution in [1.29, 1.82) is 0 Å². The van der Waals surface area contributed by atoms with Crippen molar-refractivity contribution in [2.24, 2.45) is 0 Å². The van der Waals surface area contributed by atoms with E-state index < -0.39 is 0 Å². The Morgan fingerprint density at radius 2 is 1.86 bits per heavy atom. The number of aromatic nitrogens is 1. The lowest BCUT2D eigenvalue weighted by Crippen LogP contribution is -2.26. The van der Waals surface area contributed by atoms with Crippen LogP contribution in [0.3, 0.4) is 0 Å². The topological polar surface area (TPSA) is 98.8 Å². The minimum Gasteiger partial charge on any atom is -0.493 e. The Labute approximate surface area is 204 Å². The fraction of sp³-hybridized carbons (Fsp3) is 0.296. The Balaban J connectivity index is 1.91. The number of ether oxygens (including phenoxy) is 3. The molecule has 8 heteroatoms. The number of anilines is 1. The molecule has 1 heterocycles. The number of nitrogens with one attached hydrogen (secondary N) is 2. The number of aryl methyl sites for hydroxylation is 1. The molecule has 8 nitrogen and oxygen atoms in total. The lowest BCUT2D eigenvalue weighted by molar-refractivity contribution is -0.119. The van der Waals surface area contributed by atoms with Crippen molar-refractivity contribution >= 4 is 11.6 Å². The van der Waals surface area contributed by atoms with Crippen LogP contribution in [-0.2, 0) is 17.8 Å². The number of carbonyl (C=O) groups excluding carboxylic acids is 1. The first-order valence-electron chi connectivity index (χ1n) is 11.4. The number of rotatable bonds is 7. The van der Waals surface area contributed by atoms with E-state index in [4.69, 9.17) is 14.2 Å². The van der Waals surface area contributed by atoms with Gasteiger partial charge in [-0.25, -0.2) is 0 Å². The lowest BCUT2D eigenvalue weighted by Gasteiger charge is -2.19. The molecule has 0 aliphatic heterocycles. The Hall–Kier alpha value is -4.07. The molecule has 4 rings (SSSR count). The van der Waals surface area contributed by atoms with Crippen LogP contribution < -0.4 is 30.3 Å². The zero-order valence-electron chi connectivity index (χ0n) is 20.3. The Kier molecular flexibility index (Phi) is 7.19. The van der Waals surface area contributed by atoms with Gasteiger partial charge < -0.3 is 24.8 Å². The molecule has 1 amide bonds. The zero-order chi connectivity index (χ0) is 24.9. The van der Waals surface area contributed by atoms with Crippen LogP contribution >= 0.6 is 0 Å². The summed E-state index contributed by atoms with van der Waals surface area (Å²) in [6, 6.07) is 12.5. The SMILES string of the molecule is COc1cc2c(c(OC)c1OC)-c1ccc(NCc3ccccn3)c(=O)cc1[C@H](NC(C)=O)CC2.